The van der Waals surface area contributed by atoms with E-state index < -0.39 is 5.91 Å². The molecule has 4 heteroatoms. The summed E-state index contributed by atoms with van der Waals surface area (Å²) in [5.74, 6) is -0.427. The summed E-state index contributed by atoms with van der Waals surface area (Å²) in [6, 6.07) is 8.57. The molecule has 0 aliphatic rings. The first kappa shape index (κ1) is 9.45. The van der Waals surface area contributed by atoms with Crippen LogP contribution in [0, 0.1) is 0 Å². The van der Waals surface area contributed by atoms with E-state index in [0.717, 1.165) is 5.52 Å². The second-order valence-corrected chi connectivity index (χ2v) is 3.29. The number of carbonyl (C=O) groups excluding carboxylic acids is 1. The van der Waals surface area contributed by atoms with Gasteiger partial charge in [0.25, 0.3) is 0 Å². The van der Waals surface area contributed by atoms with Gasteiger partial charge in [0.05, 0.1) is 5.52 Å². The van der Waals surface area contributed by atoms with Gasteiger partial charge in [0.1, 0.15) is 6.54 Å². The minimum atomic E-state index is -0.427. The lowest BCUT2D eigenvalue weighted by Gasteiger charge is -2.07. The normalized spacial score (nSPS) is 10.4. The molecular formula is C11H10N2O2. The third kappa shape index (κ3) is 1.74. The van der Waals surface area contributed by atoms with Crippen molar-refractivity contribution in [3.8, 4) is 0 Å². The SMILES string of the molecule is NC(=O)Cn1ccc(=O)c2ccccc21. The van der Waals surface area contributed by atoms with E-state index in [0.29, 0.717) is 5.39 Å². The number of benzene rings is 1. The molecule has 0 aliphatic heterocycles. The van der Waals surface area contributed by atoms with Crippen LogP contribution in [0.4, 0.5) is 0 Å². The molecule has 1 amide bonds. The number of nitrogens with zero attached hydrogens (tertiary/aromatic N) is 1. The Labute approximate surface area is 85.9 Å². The van der Waals surface area contributed by atoms with Crippen LogP contribution in [-0.2, 0) is 11.3 Å². The van der Waals surface area contributed by atoms with Gasteiger partial charge in [0.15, 0.2) is 5.43 Å². The third-order valence-electron chi connectivity index (χ3n) is 2.21. The topological polar surface area (TPSA) is 65.1 Å². The smallest absolute Gasteiger partial charge is 0.237 e. The Morgan fingerprint density at radius 1 is 1.27 bits per heavy atom. The fourth-order valence-corrected chi connectivity index (χ4v) is 1.57. The Morgan fingerprint density at radius 3 is 2.73 bits per heavy atom. The van der Waals surface area contributed by atoms with Crippen molar-refractivity contribution in [2.75, 3.05) is 0 Å². The van der Waals surface area contributed by atoms with E-state index in [2.05, 4.69) is 0 Å². The summed E-state index contributed by atoms with van der Waals surface area (Å²) < 4.78 is 1.67. The van der Waals surface area contributed by atoms with E-state index in [1.54, 1.807) is 29.0 Å². The number of para-hydroxylation sites is 1. The number of pyridine rings is 1. The summed E-state index contributed by atoms with van der Waals surface area (Å²) >= 11 is 0. The molecule has 76 valence electrons. The minimum Gasteiger partial charge on any atom is -0.368 e. The molecule has 0 saturated carbocycles. The van der Waals surface area contributed by atoms with Gasteiger partial charge in [-0.25, -0.2) is 0 Å². The molecule has 0 spiro atoms. The molecule has 2 N–H and O–H groups in total. The first-order chi connectivity index (χ1) is 7.18. The number of nitrogens with two attached hydrogens (primary N) is 1. The zero-order valence-electron chi connectivity index (χ0n) is 8.01. The second kappa shape index (κ2) is 3.57. The fraction of sp³-hybridized carbons (Fsp3) is 0.0909. The van der Waals surface area contributed by atoms with Gasteiger partial charge in [-0.2, -0.15) is 0 Å². The fourth-order valence-electron chi connectivity index (χ4n) is 1.57. The van der Waals surface area contributed by atoms with E-state index in [4.69, 9.17) is 5.73 Å². The molecule has 4 nitrogen and oxygen atoms in total. The first-order valence-electron chi connectivity index (χ1n) is 4.55. The van der Waals surface area contributed by atoms with Crippen LogP contribution in [0.15, 0.2) is 41.3 Å². The Bertz CT molecular complexity index is 572. The van der Waals surface area contributed by atoms with Crippen LogP contribution < -0.4 is 11.2 Å². The van der Waals surface area contributed by atoms with E-state index in [1.165, 1.54) is 6.07 Å². The Kier molecular flexibility index (Phi) is 2.25. The number of primary amides is 1. The van der Waals surface area contributed by atoms with Crippen LogP contribution in [0.5, 0.6) is 0 Å². The quantitative estimate of drug-likeness (QED) is 0.770. The van der Waals surface area contributed by atoms with E-state index in [9.17, 15) is 9.59 Å². The minimum absolute atomic E-state index is 0.0497. The average Bonchev–Trinajstić information content (AvgIpc) is 2.22. The van der Waals surface area contributed by atoms with Crippen LogP contribution in [0.2, 0.25) is 0 Å². The lowest BCUT2D eigenvalue weighted by atomic mass is 10.2. The van der Waals surface area contributed by atoms with Crippen molar-refractivity contribution < 1.29 is 4.79 Å². The molecule has 0 saturated heterocycles. The summed E-state index contributed by atoms with van der Waals surface area (Å²) in [4.78, 5) is 22.3. The molecule has 15 heavy (non-hydrogen) atoms. The van der Waals surface area contributed by atoms with Gasteiger partial charge in [-0.1, -0.05) is 12.1 Å². The molecule has 0 bridgehead atoms. The van der Waals surface area contributed by atoms with Crippen molar-refractivity contribution >= 4 is 16.8 Å². The number of hydrogen-bond donors (Lipinski definition) is 1. The highest BCUT2D eigenvalue weighted by Gasteiger charge is 2.03. The van der Waals surface area contributed by atoms with E-state index in [-0.39, 0.29) is 12.0 Å². The number of rotatable bonds is 2. The summed E-state index contributed by atoms with van der Waals surface area (Å²) in [7, 11) is 0. The highest BCUT2D eigenvalue weighted by atomic mass is 16.1. The maximum Gasteiger partial charge on any atom is 0.237 e. The largest absolute Gasteiger partial charge is 0.368 e. The van der Waals surface area contributed by atoms with Crippen LogP contribution >= 0.6 is 0 Å². The van der Waals surface area contributed by atoms with Gasteiger partial charge in [-0.3, -0.25) is 9.59 Å². The van der Waals surface area contributed by atoms with Crippen LogP contribution in [-0.4, -0.2) is 10.5 Å². The summed E-state index contributed by atoms with van der Waals surface area (Å²) in [6.07, 6.45) is 1.58. The molecule has 0 unspecified atom stereocenters. The molecule has 0 atom stereocenters. The molecular weight excluding hydrogens is 192 g/mol. The monoisotopic (exact) mass is 202 g/mol. The third-order valence-corrected chi connectivity index (χ3v) is 2.21. The van der Waals surface area contributed by atoms with Gasteiger partial charge in [0, 0.05) is 17.6 Å². The number of amides is 1. The van der Waals surface area contributed by atoms with Crippen molar-refractivity contribution in [1.82, 2.24) is 4.57 Å². The first-order valence-corrected chi connectivity index (χ1v) is 4.55. The lowest BCUT2D eigenvalue weighted by molar-refractivity contribution is -0.118. The molecule has 2 rings (SSSR count). The summed E-state index contributed by atoms with van der Waals surface area (Å²) in [5, 5.41) is 0.598. The standard InChI is InChI=1S/C11H10N2O2/c12-11(15)7-13-6-5-10(14)8-3-1-2-4-9(8)13/h1-6H,7H2,(H2,12,15). The van der Waals surface area contributed by atoms with E-state index >= 15 is 0 Å². The summed E-state index contributed by atoms with van der Waals surface area (Å²) in [6.45, 7) is 0.0841. The maximum atomic E-state index is 11.5. The lowest BCUT2D eigenvalue weighted by Crippen LogP contribution is -2.20. The molecule has 1 aromatic carbocycles. The van der Waals surface area contributed by atoms with Gasteiger partial charge < -0.3 is 10.3 Å². The molecule has 0 aliphatic carbocycles. The number of hydrogen-bond acceptors (Lipinski definition) is 2. The van der Waals surface area contributed by atoms with Gasteiger partial charge in [0.2, 0.25) is 5.91 Å². The Morgan fingerprint density at radius 2 is 2.00 bits per heavy atom. The van der Waals surface area contributed by atoms with Crippen molar-refractivity contribution in [2.24, 2.45) is 5.73 Å². The summed E-state index contributed by atoms with van der Waals surface area (Å²) in [5.41, 5.74) is 5.79. The van der Waals surface area contributed by atoms with Crippen LogP contribution in [0.3, 0.4) is 0 Å². The Balaban J connectivity index is 2.71. The van der Waals surface area contributed by atoms with Crippen molar-refractivity contribution in [3.63, 3.8) is 0 Å². The second-order valence-electron chi connectivity index (χ2n) is 3.29. The molecule has 1 heterocycles. The van der Waals surface area contributed by atoms with Crippen molar-refractivity contribution in [3.05, 3.63) is 46.8 Å². The molecule has 0 radical (unpaired) electrons. The van der Waals surface area contributed by atoms with Crippen LogP contribution in [0.1, 0.15) is 0 Å². The number of aromatic nitrogens is 1. The number of carbonyl (C=O) groups is 1. The average molecular weight is 202 g/mol. The molecule has 2 aromatic rings. The zero-order chi connectivity index (χ0) is 10.8. The highest BCUT2D eigenvalue weighted by molar-refractivity contribution is 5.81. The van der Waals surface area contributed by atoms with Crippen molar-refractivity contribution in [2.45, 2.75) is 6.54 Å². The van der Waals surface area contributed by atoms with Gasteiger partial charge >= 0.3 is 0 Å². The molecule has 0 fully saturated rings. The predicted octanol–water partition coefficient (Wildman–Crippen LogP) is 0.487. The van der Waals surface area contributed by atoms with Crippen molar-refractivity contribution in [1.29, 1.82) is 0 Å². The van der Waals surface area contributed by atoms with E-state index in [1.807, 2.05) is 6.07 Å². The maximum absolute atomic E-state index is 11.5. The molecule has 1 aromatic heterocycles. The van der Waals surface area contributed by atoms with Gasteiger partial charge in [-0.05, 0) is 12.1 Å². The van der Waals surface area contributed by atoms with Crippen LogP contribution in [0.25, 0.3) is 10.9 Å². The Hall–Kier alpha value is -2.10. The predicted molar refractivity (Wildman–Crippen MR) is 57.4 cm³/mol. The highest BCUT2D eigenvalue weighted by Crippen LogP contribution is 2.08. The van der Waals surface area contributed by atoms with Gasteiger partial charge in [-0.15, -0.1) is 0 Å². The number of fused-ring (bicyclic) bond motifs is 1. The zero-order valence-corrected chi connectivity index (χ0v) is 8.01.